The lowest BCUT2D eigenvalue weighted by Gasteiger charge is -2.23. The second-order valence-corrected chi connectivity index (χ2v) is 6.22. The molecule has 0 amide bonds. The molecule has 0 saturated heterocycles. The van der Waals surface area contributed by atoms with Crippen molar-refractivity contribution in [3.05, 3.63) is 22.4 Å². The first-order valence-corrected chi connectivity index (χ1v) is 8.65. The molecule has 0 aliphatic rings. The van der Waals surface area contributed by atoms with Crippen molar-refractivity contribution in [1.29, 1.82) is 0 Å². The molecular weight excluding hydrogens is 252 g/mol. The molecule has 0 radical (unpaired) electrons. The van der Waals surface area contributed by atoms with Gasteiger partial charge in [0.05, 0.1) is 0 Å². The average molecular weight is 282 g/mol. The zero-order valence-corrected chi connectivity index (χ0v) is 13.6. The highest BCUT2D eigenvalue weighted by molar-refractivity contribution is 7.10. The molecule has 3 heteroatoms. The first-order chi connectivity index (χ1) is 9.27. The number of unbranched alkanes of at least 4 members (excludes halogenated alkanes) is 2. The average Bonchev–Trinajstić information content (AvgIpc) is 2.95. The van der Waals surface area contributed by atoms with E-state index >= 15 is 0 Å². The summed E-state index contributed by atoms with van der Waals surface area (Å²) in [7, 11) is 0. The van der Waals surface area contributed by atoms with E-state index in [-0.39, 0.29) is 0 Å². The highest BCUT2D eigenvalue weighted by Gasteiger charge is 2.07. The maximum atomic E-state index is 3.64. The van der Waals surface area contributed by atoms with E-state index in [1.807, 2.05) is 11.3 Å². The number of hydrogen-bond donors (Lipinski definition) is 1. The van der Waals surface area contributed by atoms with Crippen molar-refractivity contribution in [3.63, 3.8) is 0 Å². The molecule has 0 fully saturated rings. The summed E-state index contributed by atoms with van der Waals surface area (Å²) < 4.78 is 0. The molecule has 0 aliphatic heterocycles. The van der Waals surface area contributed by atoms with Gasteiger partial charge in [0, 0.05) is 24.0 Å². The molecule has 1 unspecified atom stereocenters. The lowest BCUT2D eigenvalue weighted by atomic mass is 10.2. The molecule has 0 bridgehead atoms. The largest absolute Gasteiger partial charge is 0.308 e. The Morgan fingerprint density at radius 2 is 1.84 bits per heavy atom. The number of nitrogens with zero attached hydrogens (tertiary/aromatic N) is 1. The Hall–Kier alpha value is -0.380. The predicted octanol–water partition coefficient (Wildman–Crippen LogP) is 4.30. The SMILES string of the molecule is CCCCN(CCCC)CCNC(C)c1cccs1. The van der Waals surface area contributed by atoms with E-state index in [1.54, 1.807) is 0 Å². The minimum absolute atomic E-state index is 0.485. The Morgan fingerprint density at radius 1 is 1.16 bits per heavy atom. The quantitative estimate of drug-likeness (QED) is 0.651. The van der Waals surface area contributed by atoms with E-state index in [2.05, 4.69) is 48.5 Å². The molecule has 19 heavy (non-hydrogen) atoms. The second kappa shape index (κ2) is 10.4. The van der Waals surface area contributed by atoms with Crippen LogP contribution in [0.3, 0.4) is 0 Å². The lowest BCUT2D eigenvalue weighted by molar-refractivity contribution is 0.262. The molecular formula is C16H30N2S. The maximum Gasteiger partial charge on any atom is 0.0386 e. The van der Waals surface area contributed by atoms with Crippen molar-refractivity contribution in [3.8, 4) is 0 Å². The van der Waals surface area contributed by atoms with E-state index in [0.717, 1.165) is 6.54 Å². The van der Waals surface area contributed by atoms with Crippen LogP contribution in [0.2, 0.25) is 0 Å². The molecule has 0 spiro atoms. The van der Waals surface area contributed by atoms with Gasteiger partial charge in [0.2, 0.25) is 0 Å². The van der Waals surface area contributed by atoms with Crippen LogP contribution < -0.4 is 5.32 Å². The van der Waals surface area contributed by atoms with Gasteiger partial charge in [-0.25, -0.2) is 0 Å². The zero-order valence-electron chi connectivity index (χ0n) is 12.8. The molecule has 1 aromatic rings. The molecule has 0 aromatic carbocycles. The maximum absolute atomic E-state index is 3.64. The normalized spacial score (nSPS) is 13.1. The van der Waals surface area contributed by atoms with Crippen molar-refractivity contribution in [2.75, 3.05) is 26.2 Å². The molecule has 2 nitrogen and oxygen atoms in total. The molecule has 0 aliphatic carbocycles. The summed E-state index contributed by atoms with van der Waals surface area (Å²) in [5.74, 6) is 0. The van der Waals surface area contributed by atoms with E-state index < -0.39 is 0 Å². The summed E-state index contributed by atoms with van der Waals surface area (Å²) in [6.45, 7) is 11.6. The van der Waals surface area contributed by atoms with Gasteiger partial charge < -0.3 is 10.2 Å². The van der Waals surface area contributed by atoms with E-state index in [4.69, 9.17) is 0 Å². The van der Waals surface area contributed by atoms with Crippen LogP contribution in [0.4, 0.5) is 0 Å². The third-order valence-electron chi connectivity index (χ3n) is 3.50. The van der Waals surface area contributed by atoms with Crippen molar-refractivity contribution in [2.24, 2.45) is 0 Å². The minimum atomic E-state index is 0.485. The van der Waals surface area contributed by atoms with Gasteiger partial charge in [0.25, 0.3) is 0 Å². The number of rotatable bonds is 11. The fourth-order valence-corrected chi connectivity index (χ4v) is 2.94. The zero-order chi connectivity index (χ0) is 13.9. The Balaban J connectivity index is 2.22. The molecule has 110 valence electrons. The monoisotopic (exact) mass is 282 g/mol. The van der Waals surface area contributed by atoms with E-state index in [0.29, 0.717) is 6.04 Å². The molecule has 1 rings (SSSR count). The van der Waals surface area contributed by atoms with Gasteiger partial charge in [-0.2, -0.15) is 0 Å². The molecule has 1 atom stereocenters. The summed E-state index contributed by atoms with van der Waals surface area (Å²) >= 11 is 1.84. The van der Waals surface area contributed by atoms with Crippen LogP contribution in [-0.4, -0.2) is 31.1 Å². The third-order valence-corrected chi connectivity index (χ3v) is 4.56. The van der Waals surface area contributed by atoms with Gasteiger partial charge in [-0.05, 0) is 44.3 Å². The highest BCUT2D eigenvalue weighted by atomic mass is 32.1. The van der Waals surface area contributed by atoms with Gasteiger partial charge in [-0.3, -0.25) is 0 Å². The number of nitrogens with one attached hydrogen (secondary N) is 1. The lowest BCUT2D eigenvalue weighted by Crippen LogP contribution is -2.34. The van der Waals surface area contributed by atoms with Crippen LogP contribution in [-0.2, 0) is 0 Å². The standard InChI is InChI=1S/C16H30N2S/c1-4-6-11-18(12-7-5-2)13-10-17-15(3)16-9-8-14-19-16/h8-9,14-15,17H,4-7,10-13H2,1-3H3. The topological polar surface area (TPSA) is 15.3 Å². The van der Waals surface area contributed by atoms with Gasteiger partial charge in [-0.1, -0.05) is 32.8 Å². The fraction of sp³-hybridized carbons (Fsp3) is 0.750. The third kappa shape index (κ3) is 7.09. The Labute approximate surface area is 123 Å². The number of hydrogen-bond acceptors (Lipinski definition) is 3. The summed E-state index contributed by atoms with van der Waals surface area (Å²) in [5.41, 5.74) is 0. The molecule has 0 saturated carbocycles. The first kappa shape index (κ1) is 16.7. The summed E-state index contributed by atoms with van der Waals surface area (Å²) in [6, 6.07) is 4.83. The van der Waals surface area contributed by atoms with Gasteiger partial charge in [0.15, 0.2) is 0 Å². The Morgan fingerprint density at radius 3 is 2.37 bits per heavy atom. The number of thiophene rings is 1. The van der Waals surface area contributed by atoms with Crippen LogP contribution in [0, 0.1) is 0 Å². The van der Waals surface area contributed by atoms with Crippen LogP contribution in [0.5, 0.6) is 0 Å². The van der Waals surface area contributed by atoms with Gasteiger partial charge in [0.1, 0.15) is 0 Å². The predicted molar refractivity (Wildman–Crippen MR) is 87.0 cm³/mol. The van der Waals surface area contributed by atoms with Crippen LogP contribution >= 0.6 is 11.3 Å². The Bertz CT molecular complexity index is 290. The van der Waals surface area contributed by atoms with Crippen LogP contribution in [0.25, 0.3) is 0 Å². The van der Waals surface area contributed by atoms with Crippen LogP contribution in [0.1, 0.15) is 57.4 Å². The first-order valence-electron chi connectivity index (χ1n) is 7.77. The second-order valence-electron chi connectivity index (χ2n) is 5.24. The minimum Gasteiger partial charge on any atom is -0.308 e. The summed E-state index contributed by atoms with van der Waals surface area (Å²) in [5, 5.41) is 5.79. The van der Waals surface area contributed by atoms with E-state index in [1.165, 1.54) is 50.2 Å². The van der Waals surface area contributed by atoms with Gasteiger partial charge >= 0.3 is 0 Å². The Kier molecular flexibility index (Phi) is 9.14. The fourth-order valence-electron chi connectivity index (χ4n) is 2.18. The summed E-state index contributed by atoms with van der Waals surface area (Å²) in [6.07, 6.45) is 5.23. The summed E-state index contributed by atoms with van der Waals surface area (Å²) in [4.78, 5) is 4.05. The van der Waals surface area contributed by atoms with Crippen molar-refractivity contribution < 1.29 is 0 Å². The molecule has 1 heterocycles. The van der Waals surface area contributed by atoms with Gasteiger partial charge in [-0.15, -0.1) is 11.3 Å². The smallest absolute Gasteiger partial charge is 0.0386 e. The van der Waals surface area contributed by atoms with Crippen molar-refractivity contribution in [2.45, 2.75) is 52.5 Å². The highest BCUT2D eigenvalue weighted by Crippen LogP contribution is 2.17. The van der Waals surface area contributed by atoms with Crippen molar-refractivity contribution >= 4 is 11.3 Å². The van der Waals surface area contributed by atoms with E-state index in [9.17, 15) is 0 Å². The van der Waals surface area contributed by atoms with Crippen LogP contribution in [0.15, 0.2) is 17.5 Å². The van der Waals surface area contributed by atoms with Crippen molar-refractivity contribution in [1.82, 2.24) is 10.2 Å². The molecule has 1 aromatic heterocycles. The molecule has 1 N–H and O–H groups in total.